The highest BCUT2D eigenvalue weighted by atomic mass is 16.5. The van der Waals surface area contributed by atoms with Gasteiger partial charge in [0.05, 0.1) is 0 Å². The Labute approximate surface area is 455 Å². The zero-order valence-corrected chi connectivity index (χ0v) is 46.5. The largest absolute Gasteiger partial charge is 0.507 e. The number of nitrogens with zero attached hydrogens (tertiary/aromatic N) is 6. The summed E-state index contributed by atoms with van der Waals surface area (Å²) in [5.41, 5.74) is 9.37. The van der Waals surface area contributed by atoms with Crippen molar-refractivity contribution in [3.63, 3.8) is 0 Å². The molecule has 0 saturated carbocycles. The van der Waals surface area contributed by atoms with Crippen LogP contribution in [0.15, 0.2) is 106 Å². The first kappa shape index (κ1) is 54.4. The zero-order valence-electron chi connectivity index (χ0n) is 46.5. The van der Waals surface area contributed by atoms with Crippen molar-refractivity contribution in [3.8, 4) is 45.9 Å². The number of amides is 2. The molecule has 0 spiro atoms. The van der Waals surface area contributed by atoms with E-state index in [2.05, 4.69) is 148 Å². The van der Waals surface area contributed by atoms with Gasteiger partial charge in [0.1, 0.15) is 23.0 Å². The molecule has 4 heterocycles. The second-order valence-electron chi connectivity index (χ2n) is 24.2. The summed E-state index contributed by atoms with van der Waals surface area (Å²) in [4.78, 5) is 35.8. The first-order chi connectivity index (χ1) is 36.8. The number of phenolic OH excluding ortho intramolecular Hbond substituents is 2. The van der Waals surface area contributed by atoms with Gasteiger partial charge in [-0.2, -0.15) is 0 Å². The number of carbonyl (C=O) groups is 2. The van der Waals surface area contributed by atoms with Gasteiger partial charge in [0.15, 0.2) is 13.2 Å². The summed E-state index contributed by atoms with van der Waals surface area (Å²) in [6.45, 7) is 24.8. The molecule has 404 valence electrons. The van der Waals surface area contributed by atoms with Crippen molar-refractivity contribution >= 4 is 23.8 Å². The van der Waals surface area contributed by atoms with Crippen molar-refractivity contribution in [3.05, 3.63) is 164 Å². The second kappa shape index (κ2) is 21.2. The first-order valence-corrected chi connectivity index (χ1v) is 26.1. The molecule has 8 aromatic rings. The van der Waals surface area contributed by atoms with Crippen molar-refractivity contribution in [2.45, 2.75) is 130 Å². The first-order valence-electron chi connectivity index (χ1n) is 26.1. The highest BCUT2D eigenvalue weighted by molar-refractivity contribution is 5.90. The summed E-state index contributed by atoms with van der Waals surface area (Å²) < 4.78 is 25.0. The number of ether oxygens (including phenoxy) is 2. The van der Waals surface area contributed by atoms with Crippen molar-refractivity contribution in [1.29, 1.82) is 0 Å². The van der Waals surface area contributed by atoms with Gasteiger partial charge in [-0.15, -0.1) is 10.2 Å². The predicted molar refractivity (Wildman–Crippen MR) is 298 cm³/mol. The van der Waals surface area contributed by atoms with Gasteiger partial charge in [-0.1, -0.05) is 142 Å². The third-order valence-electron chi connectivity index (χ3n) is 13.9. The molecule has 4 N–H and O–H groups in total. The molecular formula is C62H68N8O8. The van der Waals surface area contributed by atoms with Gasteiger partial charge in [0, 0.05) is 61.6 Å². The van der Waals surface area contributed by atoms with Crippen LogP contribution in [0.4, 0.5) is 12.0 Å². The molecule has 4 aromatic heterocycles. The standard InChI is InChI=1S/C62H68N8O8/c1-59(2,3)45-25-37-21-41-29-47(61(7,8)9)31-43(53(41)75-33-49(71)65-57-69-67-55(77-57)35-13-17-63-18-14-35)23-39-27-46(60(4,5)6)28-40(52(39)74)24-44-32-48(62(10,11)12)30-42(22-38(26-45)51(37)73)54(44)76-34-50(72)66-58-70-68-56(78-58)36-15-19-64-20-16-36/h13-20,25-32,73-74H,21-24,33-34H2,1-12H3,(H,65,69,71)(H,66,70,72). The smallest absolute Gasteiger partial charge is 0.322 e. The molecule has 0 radical (unpaired) electrons. The molecule has 0 atom stereocenters. The molecule has 16 nitrogen and oxygen atoms in total. The van der Waals surface area contributed by atoms with Gasteiger partial charge < -0.3 is 28.5 Å². The van der Waals surface area contributed by atoms with Crippen LogP contribution in [0.1, 0.15) is 150 Å². The van der Waals surface area contributed by atoms with E-state index in [1.54, 1.807) is 49.1 Å². The van der Waals surface area contributed by atoms with Gasteiger partial charge in [-0.25, -0.2) is 0 Å². The van der Waals surface area contributed by atoms with E-state index in [1.807, 2.05) is 24.3 Å². The number of phenols is 2. The van der Waals surface area contributed by atoms with Crippen LogP contribution in [-0.4, -0.2) is 65.6 Å². The molecule has 0 saturated heterocycles. The quantitative estimate of drug-likeness (QED) is 0.100. The van der Waals surface area contributed by atoms with Crippen LogP contribution in [0.25, 0.3) is 22.9 Å². The summed E-state index contributed by atoms with van der Waals surface area (Å²) in [5, 5.41) is 47.2. The van der Waals surface area contributed by atoms with Crippen LogP contribution >= 0.6 is 0 Å². The number of aromatic nitrogens is 6. The molecule has 1 aliphatic carbocycles. The topological polar surface area (TPSA) is 221 Å². The highest BCUT2D eigenvalue weighted by Crippen LogP contribution is 2.44. The molecule has 1 aliphatic rings. The third kappa shape index (κ3) is 12.4. The number of pyridine rings is 2. The molecule has 78 heavy (non-hydrogen) atoms. The van der Waals surface area contributed by atoms with Gasteiger partial charge in [-0.3, -0.25) is 30.2 Å². The van der Waals surface area contributed by atoms with E-state index < -0.39 is 25.0 Å². The lowest BCUT2D eigenvalue weighted by molar-refractivity contribution is -0.119. The van der Waals surface area contributed by atoms with Crippen molar-refractivity contribution in [2.24, 2.45) is 0 Å². The molecule has 0 fully saturated rings. The monoisotopic (exact) mass is 1050 g/mol. The molecular weight excluding hydrogens is 985 g/mol. The summed E-state index contributed by atoms with van der Waals surface area (Å²) in [5.74, 6) is 0.442. The van der Waals surface area contributed by atoms with E-state index in [1.165, 1.54) is 0 Å². The second-order valence-corrected chi connectivity index (χ2v) is 24.2. The normalized spacial score (nSPS) is 13.0. The summed E-state index contributed by atoms with van der Waals surface area (Å²) in [6, 6.07) is 23.2. The molecule has 16 heteroatoms. The molecule has 9 rings (SSSR count). The maximum Gasteiger partial charge on any atom is 0.322 e. The molecule has 2 amide bonds. The number of aromatic hydroxyl groups is 2. The Balaban J connectivity index is 1.19. The minimum Gasteiger partial charge on any atom is -0.507 e. The van der Waals surface area contributed by atoms with Gasteiger partial charge in [0.2, 0.25) is 11.8 Å². The maximum atomic E-state index is 13.8. The minimum atomic E-state index is -0.533. The van der Waals surface area contributed by atoms with Gasteiger partial charge in [-0.05, 0) is 113 Å². The van der Waals surface area contributed by atoms with E-state index in [4.69, 9.17) is 18.3 Å². The number of carbonyl (C=O) groups excluding carboxylic acids is 2. The zero-order chi connectivity index (χ0) is 55.9. The van der Waals surface area contributed by atoms with Crippen LogP contribution < -0.4 is 20.1 Å². The summed E-state index contributed by atoms with van der Waals surface area (Å²) >= 11 is 0. The van der Waals surface area contributed by atoms with Gasteiger partial charge >= 0.3 is 12.0 Å². The Morgan fingerprint density at radius 3 is 0.987 bits per heavy atom. The summed E-state index contributed by atoms with van der Waals surface area (Å²) in [7, 11) is 0. The fourth-order valence-electron chi connectivity index (χ4n) is 9.37. The molecule has 4 aromatic carbocycles. The number of hydrogen-bond donors (Lipinski definition) is 4. The van der Waals surface area contributed by atoms with Crippen molar-refractivity contribution < 1.29 is 38.1 Å². The predicted octanol–water partition coefficient (Wildman–Crippen LogP) is 11.9. The average molecular weight is 1050 g/mol. The Kier molecular flexibility index (Phi) is 14.8. The number of benzene rings is 4. The Hall–Kier alpha value is -8.40. The number of anilines is 2. The van der Waals surface area contributed by atoms with Crippen molar-refractivity contribution in [2.75, 3.05) is 23.8 Å². The molecule has 8 bridgehead atoms. The van der Waals surface area contributed by atoms with Gasteiger partial charge in [0.25, 0.3) is 11.8 Å². The van der Waals surface area contributed by atoms with E-state index in [0.29, 0.717) is 44.9 Å². The molecule has 0 aliphatic heterocycles. The van der Waals surface area contributed by atoms with Crippen LogP contribution in [0.2, 0.25) is 0 Å². The van der Waals surface area contributed by atoms with Crippen molar-refractivity contribution in [1.82, 2.24) is 30.4 Å². The maximum absolute atomic E-state index is 13.8. The Morgan fingerprint density at radius 1 is 0.449 bits per heavy atom. The van der Waals surface area contributed by atoms with E-state index in [9.17, 15) is 19.8 Å². The van der Waals surface area contributed by atoms with Crippen LogP contribution in [0.3, 0.4) is 0 Å². The number of nitrogens with one attached hydrogen (secondary N) is 2. The average Bonchev–Trinajstić information content (AvgIpc) is 4.04. The SMILES string of the molecule is CC(C)(C)c1cc2c(O)c(c1)Cc1cc(C(C)(C)C)cc(c1OCC(=O)Nc1nnc(-c3ccncc3)o1)Cc1cc(C(C)(C)C)cc(c1O)Cc1cc(C(C)(C)C)cc(c1OCC(=O)Nc1nnc(-c3ccncc3)o1)C2. The Morgan fingerprint density at radius 2 is 0.718 bits per heavy atom. The fraction of sp³-hybridized carbons (Fsp3) is 0.355. The van der Waals surface area contributed by atoms with E-state index in [-0.39, 0.29) is 82.7 Å². The van der Waals surface area contributed by atoms with E-state index in [0.717, 1.165) is 44.5 Å². The molecule has 0 unspecified atom stereocenters. The lowest BCUT2D eigenvalue weighted by Crippen LogP contribution is -2.22. The number of hydrogen-bond acceptors (Lipinski definition) is 14. The third-order valence-corrected chi connectivity index (χ3v) is 13.9. The van der Waals surface area contributed by atoms with Crippen LogP contribution in [0, 0.1) is 0 Å². The number of rotatable bonds is 10. The Bertz CT molecular complexity index is 3190. The van der Waals surface area contributed by atoms with E-state index >= 15 is 0 Å². The van der Waals surface area contributed by atoms with Crippen LogP contribution in [-0.2, 0) is 56.9 Å². The highest BCUT2D eigenvalue weighted by Gasteiger charge is 2.29. The van der Waals surface area contributed by atoms with Crippen LogP contribution in [0.5, 0.6) is 23.0 Å². The lowest BCUT2D eigenvalue weighted by atomic mass is 9.79. The summed E-state index contributed by atoms with van der Waals surface area (Å²) in [6.07, 6.45) is 7.29. The lowest BCUT2D eigenvalue weighted by Gasteiger charge is -2.28. The minimum absolute atomic E-state index is 0.0911. The number of fused-ring (bicyclic) bond motifs is 8. The fourth-order valence-corrected chi connectivity index (χ4v) is 9.37.